The Morgan fingerprint density at radius 1 is 0.750 bits per heavy atom. The molecule has 10 heteroatoms. The van der Waals surface area contributed by atoms with Crippen LogP contribution in [0.25, 0.3) is 11.1 Å². The van der Waals surface area contributed by atoms with Crippen molar-refractivity contribution in [1.29, 1.82) is 0 Å². The summed E-state index contributed by atoms with van der Waals surface area (Å²) in [6.07, 6.45) is 3.26. The second-order valence-corrected chi connectivity index (χ2v) is 10.8. The van der Waals surface area contributed by atoms with Crippen LogP contribution in [-0.4, -0.2) is 27.1 Å². The van der Waals surface area contributed by atoms with Crippen molar-refractivity contribution in [3.63, 3.8) is 0 Å². The van der Waals surface area contributed by atoms with Crippen LogP contribution in [0.15, 0.2) is 65.4 Å². The summed E-state index contributed by atoms with van der Waals surface area (Å²) in [4.78, 5) is 8.04. The number of rotatable bonds is 4. The van der Waals surface area contributed by atoms with Gasteiger partial charge in [0.25, 0.3) is 0 Å². The van der Waals surface area contributed by atoms with Crippen LogP contribution in [0.3, 0.4) is 0 Å². The highest BCUT2D eigenvalue weighted by Gasteiger charge is 2.13. The number of hydrogen-bond donors (Lipinski definition) is 4. The number of halogens is 3. The standard InChI is InChI=1S/C15H17FN2.C9H11BrFN.C6H8BNO2/c1-9(2)13-7-12(16)8-14(15(13)17)11-4-5-18-10(3)6-11;1-5(2)7-3-6(11)4-8(10)9(7)12;1-5-4-6(7(9)10)2-3-8-5/h4-9H,17H2,1-3H3;3-5H,12H2,1-2H3;2-4,9-10H,1H3. The topological polar surface area (TPSA) is 118 Å². The maximum Gasteiger partial charge on any atom is 0.488 e. The van der Waals surface area contributed by atoms with Crippen molar-refractivity contribution >= 4 is 39.9 Å². The minimum absolute atomic E-state index is 0.197. The molecule has 2 aromatic carbocycles. The summed E-state index contributed by atoms with van der Waals surface area (Å²) in [7, 11) is -1.39. The van der Waals surface area contributed by atoms with Gasteiger partial charge in [-0.2, -0.15) is 0 Å². The Morgan fingerprint density at radius 2 is 1.25 bits per heavy atom. The molecule has 0 fully saturated rings. The first kappa shape index (κ1) is 32.9. The lowest BCUT2D eigenvalue weighted by atomic mass is 9.81. The van der Waals surface area contributed by atoms with Crippen molar-refractivity contribution in [2.45, 2.75) is 53.4 Å². The van der Waals surface area contributed by atoms with Gasteiger partial charge >= 0.3 is 7.12 Å². The molecule has 0 unspecified atom stereocenters. The molecule has 6 N–H and O–H groups in total. The lowest BCUT2D eigenvalue weighted by Gasteiger charge is -2.14. The summed E-state index contributed by atoms with van der Waals surface area (Å²) in [5.41, 5.74) is 18.7. The first-order valence-corrected chi connectivity index (χ1v) is 13.6. The molecule has 0 aliphatic rings. The number of benzene rings is 2. The van der Waals surface area contributed by atoms with Crippen molar-refractivity contribution in [2.75, 3.05) is 11.5 Å². The van der Waals surface area contributed by atoms with E-state index in [4.69, 9.17) is 21.5 Å². The average Bonchev–Trinajstić information content (AvgIpc) is 2.87. The highest BCUT2D eigenvalue weighted by atomic mass is 79.9. The van der Waals surface area contributed by atoms with E-state index in [1.165, 1.54) is 24.3 Å². The summed E-state index contributed by atoms with van der Waals surface area (Å²) >= 11 is 3.20. The third kappa shape index (κ3) is 9.40. The van der Waals surface area contributed by atoms with Crippen molar-refractivity contribution in [3.8, 4) is 11.1 Å². The Morgan fingerprint density at radius 3 is 1.73 bits per heavy atom. The van der Waals surface area contributed by atoms with E-state index in [-0.39, 0.29) is 23.5 Å². The summed E-state index contributed by atoms with van der Waals surface area (Å²) < 4.78 is 27.2. The van der Waals surface area contributed by atoms with Gasteiger partial charge in [0.2, 0.25) is 0 Å². The first-order valence-electron chi connectivity index (χ1n) is 12.8. The van der Waals surface area contributed by atoms with Gasteiger partial charge in [-0.05, 0) is 112 Å². The fraction of sp³-hybridized carbons (Fsp3) is 0.267. The van der Waals surface area contributed by atoms with Crippen molar-refractivity contribution in [1.82, 2.24) is 9.97 Å². The van der Waals surface area contributed by atoms with Gasteiger partial charge in [0.05, 0.1) is 0 Å². The van der Waals surface area contributed by atoms with Crippen LogP contribution in [0.1, 0.15) is 62.0 Å². The molecule has 6 nitrogen and oxygen atoms in total. The summed E-state index contributed by atoms with van der Waals surface area (Å²) in [5.74, 6) is -0.0588. The van der Waals surface area contributed by atoms with Crippen LogP contribution >= 0.6 is 15.9 Å². The molecule has 212 valence electrons. The predicted molar refractivity (Wildman–Crippen MR) is 164 cm³/mol. The van der Waals surface area contributed by atoms with Crippen LogP contribution < -0.4 is 16.9 Å². The maximum absolute atomic E-state index is 13.7. The van der Waals surface area contributed by atoms with Gasteiger partial charge in [-0.25, -0.2) is 8.78 Å². The maximum atomic E-state index is 13.7. The molecule has 4 aromatic rings. The Kier molecular flexibility index (Phi) is 12.2. The fourth-order valence-electron chi connectivity index (χ4n) is 3.88. The molecule has 0 saturated carbocycles. The van der Waals surface area contributed by atoms with E-state index in [2.05, 4.69) is 25.9 Å². The van der Waals surface area contributed by atoms with E-state index in [9.17, 15) is 8.78 Å². The third-order valence-corrected chi connectivity index (χ3v) is 6.63. The van der Waals surface area contributed by atoms with Gasteiger partial charge < -0.3 is 21.5 Å². The number of nitrogens with two attached hydrogens (primary N) is 2. The Bertz CT molecular complexity index is 1440. The zero-order valence-corrected chi connectivity index (χ0v) is 25.2. The molecule has 0 spiro atoms. The van der Waals surface area contributed by atoms with Crippen LogP contribution in [0.2, 0.25) is 0 Å². The minimum atomic E-state index is -1.39. The second kappa shape index (κ2) is 14.9. The summed E-state index contributed by atoms with van der Waals surface area (Å²) in [6.45, 7) is 11.7. The van der Waals surface area contributed by atoms with Crippen LogP contribution in [0, 0.1) is 25.5 Å². The molecule has 0 saturated heterocycles. The largest absolute Gasteiger partial charge is 0.488 e. The number of hydrogen-bond acceptors (Lipinski definition) is 6. The van der Waals surface area contributed by atoms with Crippen molar-refractivity contribution in [2.24, 2.45) is 0 Å². The number of nitrogen functional groups attached to an aromatic ring is 2. The van der Waals surface area contributed by atoms with Crippen LogP contribution in [0.4, 0.5) is 20.2 Å². The molecule has 0 bridgehead atoms. The monoisotopic (exact) mass is 612 g/mol. The minimum Gasteiger partial charge on any atom is -0.423 e. The van der Waals surface area contributed by atoms with Crippen LogP contribution in [0.5, 0.6) is 0 Å². The predicted octanol–water partition coefficient (Wildman–Crippen LogP) is 6.27. The lowest BCUT2D eigenvalue weighted by Crippen LogP contribution is -2.29. The first-order chi connectivity index (χ1) is 18.7. The Balaban J connectivity index is 0.000000222. The normalized spacial score (nSPS) is 10.5. The molecule has 4 rings (SSSR count). The molecule has 0 atom stereocenters. The molecule has 40 heavy (non-hydrogen) atoms. The number of nitrogens with zero attached hydrogens (tertiary/aromatic N) is 2. The molecule has 2 aromatic heterocycles. The summed E-state index contributed by atoms with van der Waals surface area (Å²) in [6, 6.07) is 12.8. The van der Waals surface area contributed by atoms with Gasteiger partial charge in [0, 0.05) is 45.2 Å². The highest BCUT2D eigenvalue weighted by Crippen LogP contribution is 2.33. The zero-order valence-electron chi connectivity index (χ0n) is 23.6. The van der Waals surface area contributed by atoms with E-state index >= 15 is 0 Å². The van der Waals surface area contributed by atoms with E-state index in [1.54, 1.807) is 31.5 Å². The Labute approximate surface area is 243 Å². The van der Waals surface area contributed by atoms with Gasteiger partial charge in [-0.3, -0.25) is 9.97 Å². The molecular formula is C30H36BBrF2N4O2. The van der Waals surface area contributed by atoms with Gasteiger partial charge in [0.1, 0.15) is 11.6 Å². The van der Waals surface area contributed by atoms with Crippen molar-refractivity contribution < 1.29 is 18.8 Å². The Hall–Kier alpha value is -3.34. The number of aromatic nitrogens is 2. The van der Waals surface area contributed by atoms with E-state index in [0.29, 0.717) is 21.3 Å². The molecule has 0 amide bonds. The smallest absolute Gasteiger partial charge is 0.423 e. The quantitative estimate of drug-likeness (QED) is 0.159. The van der Waals surface area contributed by atoms with E-state index in [0.717, 1.165) is 33.6 Å². The molecule has 0 aliphatic heterocycles. The number of aryl methyl sites for hydroxylation is 2. The molecule has 2 heterocycles. The zero-order chi connectivity index (χ0) is 30.1. The lowest BCUT2D eigenvalue weighted by molar-refractivity contribution is 0.425. The molecule has 0 radical (unpaired) electrons. The third-order valence-electron chi connectivity index (χ3n) is 5.97. The fourth-order valence-corrected chi connectivity index (χ4v) is 4.33. The molecular weight excluding hydrogens is 577 g/mol. The van der Waals surface area contributed by atoms with Gasteiger partial charge in [0.15, 0.2) is 0 Å². The van der Waals surface area contributed by atoms with E-state index in [1.807, 2.05) is 46.8 Å². The molecule has 0 aliphatic carbocycles. The van der Waals surface area contributed by atoms with Crippen molar-refractivity contribution in [3.05, 3.63) is 99.5 Å². The number of pyridine rings is 2. The van der Waals surface area contributed by atoms with Crippen LogP contribution in [-0.2, 0) is 0 Å². The number of anilines is 2. The van der Waals surface area contributed by atoms with Gasteiger partial charge in [-0.15, -0.1) is 0 Å². The summed E-state index contributed by atoms with van der Waals surface area (Å²) in [5, 5.41) is 17.4. The van der Waals surface area contributed by atoms with Gasteiger partial charge in [-0.1, -0.05) is 27.7 Å². The average molecular weight is 613 g/mol. The SMILES string of the molecule is CC(C)c1cc(F)cc(Br)c1N.Cc1cc(-c2cc(F)cc(C(C)C)c2N)ccn1.Cc1cc(B(O)O)ccn1. The highest BCUT2D eigenvalue weighted by molar-refractivity contribution is 9.10. The van der Waals surface area contributed by atoms with E-state index < -0.39 is 7.12 Å². The second-order valence-electron chi connectivity index (χ2n) is 9.95.